The van der Waals surface area contributed by atoms with E-state index in [0.29, 0.717) is 6.54 Å². The molecule has 0 unspecified atom stereocenters. The van der Waals surface area contributed by atoms with Crippen LogP contribution in [0.4, 0.5) is 10.5 Å². The van der Waals surface area contributed by atoms with Gasteiger partial charge in [-0.3, -0.25) is 4.90 Å². The van der Waals surface area contributed by atoms with Crippen molar-refractivity contribution in [1.29, 1.82) is 0 Å². The molecule has 2 aliphatic heterocycles. The molecule has 5 nitrogen and oxygen atoms in total. The number of anilines is 1. The lowest BCUT2D eigenvalue weighted by Crippen LogP contribution is -2.37. The Morgan fingerprint density at radius 3 is 2.50 bits per heavy atom. The minimum Gasteiger partial charge on any atom is -0.326 e. The lowest BCUT2D eigenvalue weighted by atomic mass is 9.81. The first kappa shape index (κ1) is 17.2. The van der Waals surface area contributed by atoms with Crippen LogP contribution in [0.25, 0.3) is 0 Å². The molecule has 132 valence electrons. The van der Waals surface area contributed by atoms with E-state index in [1.54, 1.807) is 0 Å². The second-order valence-corrected chi connectivity index (χ2v) is 8.09. The molecule has 2 atom stereocenters. The van der Waals surface area contributed by atoms with Crippen molar-refractivity contribution in [3.63, 3.8) is 0 Å². The predicted octanol–water partition coefficient (Wildman–Crippen LogP) is 2.26. The van der Waals surface area contributed by atoms with Crippen LogP contribution in [0, 0.1) is 0 Å². The number of hydrogen-bond donors (Lipinski definition) is 1. The van der Waals surface area contributed by atoms with Crippen molar-refractivity contribution in [1.82, 2.24) is 9.80 Å². The summed E-state index contributed by atoms with van der Waals surface area (Å²) in [6.45, 7) is 7.12. The molecule has 5 heteroatoms. The molecule has 2 heterocycles. The highest BCUT2D eigenvalue weighted by Crippen LogP contribution is 2.32. The molecule has 3 rings (SSSR count). The van der Waals surface area contributed by atoms with Crippen LogP contribution in [0.1, 0.15) is 32.3 Å². The van der Waals surface area contributed by atoms with Crippen LogP contribution < -0.4 is 10.6 Å². The van der Waals surface area contributed by atoms with Crippen molar-refractivity contribution in [2.45, 2.75) is 44.2 Å². The van der Waals surface area contributed by atoms with Gasteiger partial charge in [-0.15, -0.1) is 0 Å². The second kappa shape index (κ2) is 6.37. The van der Waals surface area contributed by atoms with Crippen molar-refractivity contribution in [2.75, 3.05) is 38.6 Å². The van der Waals surface area contributed by atoms with Crippen LogP contribution in [0.2, 0.25) is 0 Å². The lowest BCUT2D eigenvalue weighted by Gasteiger charge is -2.27. The maximum Gasteiger partial charge on any atom is 0.324 e. The number of rotatable bonds is 5. The minimum atomic E-state index is 0.104. The third-order valence-electron chi connectivity index (χ3n) is 5.59. The molecule has 2 amide bonds. The van der Waals surface area contributed by atoms with E-state index < -0.39 is 0 Å². The van der Waals surface area contributed by atoms with Gasteiger partial charge < -0.3 is 15.5 Å². The average Bonchev–Trinajstić information content (AvgIpc) is 3.07. The molecule has 2 aliphatic rings. The first-order valence-corrected chi connectivity index (χ1v) is 8.88. The van der Waals surface area contributed by atoms with E-state index in [0.717, 1.165) is 31.6 Å². The minimum absolute atomic E-state index is 0.104. The maximum atomic E-state index is 12.6. The topological polar surface area (TPSA) is 52.8 Å². The van der Waals surface area contributed by atoms with Crippen LogP contribution in [-0.2, 0) is 5.41 Å². The molecule has 0 aromatic heterocycles. The standard InChI is InChI=1S/C19H30N4O/c1-19(2,10-12-21(3)4)14-5-7-15(8-6-14)23-13-17-16(20)9-11-22(17)18(23)24/h5-8,16-17H,9-13,20H2,1-4H3/t16-,17-/m1/s1. The molecule has 0 spiro atoms. The number of fused-ring (bicyclic) bond motifs is 1. The van der Waals surface area contributed by atoms with Gasteiger partial charge in [0, 0.05) is 24.8 Å². The summed E-state index contributed by atoms with van der Waals surface area (Å²) >= 11 is 0. The summed E-state index contributed by atoms with van der Waals surface area (Å²) in [5, 5.41) is 0. The summed E-state index contributed by atoms with van der Waals surface area (Å²) in [4.78, 5) is 18.6. The Bertz CT molecular complexity index is 596. The first-order valence-electron chi connectivity index (χ1n) is 8.88. The molecule has 1 aromatic rings. The quantitative estimate of drug-likeness (QED) is 0.901. The summed E-state index contributed by atoms with van der Waals surface area (Å²) in [5.74, 6) is 0. The zero-order valence-corrected chi connectivity index (χ0v) is 15.3. The smallest absolute Gasteiger partial charge is 0.324 e. The molecule has 0 aliphatic carbocycles. The lowest BCUT2D eigenvalue weighted by molar-refractivity contribution is 0.218. The molecular weight excluding hydrogens is 300 g/mol. The van der Waals surface area contributed by atoms with E-state index in [2.05, 4.69) is 57.1 Å². The molecule has 2 saturated heterocycles. The van der Waals surface area contributed by atoms with E-state index in [9.17, 15) is 4.79 Å². The molecule has 2 fully saturated rings. The van der Waals surface area contributed by atoms with E-state index in [-0.39, 0.29) is 23.5 Å². The molecule has 0 bridgehead atoms. The normalized spacial score (nSPS) is 24.2. The number of carbonyl (C=O) groups excluding carboxylic acids is 1. The third-order valence-corrected chi connectivity index (χ3v) is 5.59. The van der Waals surface area contributed by atoms with Gasteiger partial charge in [0.15, 0.2) is 0 Å². The van der Waals surface area contributed by atoms with E-state index in [4.69, 9.17) is 5.73 Å². The van der Waals surface area contributed by atoms with Gasteiger partial charge in [-0.2, -0.15) is 0 Å². The Morgan fingerprint density at radius 2 is 1.92 bits per heavy atom. The number of hydrogen-bond acceptors (Lipinski definition) is 3. The fraction of sp³-hybridized carbons (Fsp3) is 0.632. The fourth-order valence-corrected chi connectivity index (χ4v) is 3.73. The Balaban J connectivity index is 1.72. The zero-order chi connectivity index (χ0) is 17.5. The number of urea groups is 1. The summed E-state index contributed by atoms with van der Waals surface area (Å²) in [6.07, 6.45) is 2.02. The van der Waals surface area contributed by atoms with E-state index in [1.165, 1.54) is 5.56 Å². The van der Waals surface area contributed by atoms with Gasteiger partial charge in [0.1, 0.15) is 0 Å². The number of nitrogens with two attached hydrogens (primary N) is 1. The summed E-state index contributed by atoms with van der Waals surface area (Å²) in [5.41, 5.74) is 8.56. The van der Waals surface area contributed by atoms with Gasteiger partial charge in [-0.05, 0) is 56.6 Å². The predicted molar refractivity (Wildman–Crippen MR) is 98.5 cm³/mol. The number of carbonyl (C=O) groups is 1. The van der Waals surface area contributed by atoms with Crippen LogP contribution in [0.15, 0.2) is 24.3 Å². The Kier molecular flexibility index (Phi) is 4.58. The number of amides is 2. The highest BCUT2D eigenvalue weighted by molar-refractivity contribution is 5.95. The monoisotopic (exact) mass is 330 g/mol. The van der Waals surface area contributed by atoms with Gasteiger partial charge in [0.05, 0.1) is 6.04 Å². The van der Waals surface area contributed by atoms with Gasteiger partial charge >= 0.3 is 6.03 Å². The SMILES string of the molecule is CN(C)CCC(C)(C)c1ccc(N2C[C@@H]3[C@H](N)CCN3C2=O)cc1. The summed E-state index contributed by atoms with van der Waals surface area (Å²) < 4.78 is 0. The Labute approximate surface area is 145 Å². The van der Waals surface area contributed by atoms with Crippen LogP contribution >= 0.6 is 0 Å². The Hall–Kier alpha value is -1.59. The average molecular weight is 330 g/mol. The van der Waals surface area contributed by atoms with Crippen LogP contribution in [0.3, 0.4) is 0 Å². The van der Waals surface area contributed by atoms with Crippen molar-refractivity contribution in [3.8, 4) is 0 Å². The van der Waals surface area contributed by atoms with Crippen molar-refractivity contribution in [3.05, 3.63) is 29.8 Å². The van der Waals surface area contributed by atoms with Crippen molar-refractivity contribution >= 4 is 11.7 Å². The first-order chi connectivity index (χ1) is 11.3. The number of nitrogens with zero attached hydrogens (tertiary/aromatic N) is 3. The second-order valence-electron chi connectivity index (χ2n) is 8.09. The van der Waals surface area contributed by atoms with Crippen LogP contribution in [-0.4, -0.2) is 61.6 Å². The number of benzene rings is 1. The van der Waals surface area contributed by atoms with Gasteiger partial charge in [0.25, 0.3) is 0 Å². The van der Waals surface area contributed by atoms with Gasteiger partial charge in [-0.1, -0.05) is 26.0 Å². The highest BCUT2D eigenvalue weighted by atomic mass is 16.2. The fourth-order valence-electron chi connectivity index (χ4n) is 3.73. The molecule has 2 N–H and O–H groups in total. The van der Waals surface area contributed by atoms with E-state index in [1.807, 2.05) is 9.80 Å². The zero-order valence-electron chi connectivity index (χ0n) is 15.3. The molecular formula is C19H30N4O. The van der Waals surface area contributed by atoms with Crippen LogP contribution in [0.5, 0.6) is 0 Å². The Morgan fingerprint density at radius 1 is 1.25 bits per heavy atom. The third kappa shape index (κ3) is 3.15. The summed E-state index contributed by atoms with van der Waals surface area (Å²) in [7, 11) is 4.21. The maximum absolute atomic E-state index is 12.6. The molecule has 24 heavy (non-hydrogen) atoms. The van der Waals surface area contributed by atoms with Gasteiger partial charge in [-0.25, -0.2) is 4.79 Å². The van der Waals surface area contributed by atoms with Gasteiger partial charge in [0.2, 0.25) is 0 Å². The summed E-state index contributed by atoms with van der Waals surface area (Å²) in [6, 6.07) is 8.89. The van der Waals surface area contributed by atoms with Crippen molar-refractivity contribution < 1.29 is 4.79 Å². The molecule has 0 saturated carbocycles. The largest absolute Gasteiger partial charge is 0.326 e. The highest BCUT2D eigenvalue weighted by Gasteiger charge is 2.44. The van der Waals surface area contributed by atoms with Crippen molar-refractivity contribution in [2.24, 2.45) is 5.73 Å². The van der Waals surface area contributed by atoms with E-state index >= 15 is 0 Å². The molecule has 1 aromatic carbocycles. The molecule has 0 radical (unpaired) electrons.